The largest absolute Gasteiger partial charge is 0.375 e. The number of nitrogens with one attached hydrogen (secondary N) is 2. The Morgan fingerprint density at radius 2 is 2.10 bits per heavy atom. The van der Waals surface area contributed by atoms with Crippen LogP contribution in [0.1, 0.15) is 5.56 Å². The zero-order valence-electron chi connectivity index (χ0n) is 10.9. The Kier molecular flexibility index (Phi) is 4.75. The van der Waals surface area contributed by atoms with Crippen LogP contribution in [0.25, 0.3) is 0 Å². The molecule has 0 heterocycles. The molecule has 0 spiro atoms. The lowest BCUT2D eigenvalue weighted by Crippen LogP contribution is -2.22. The van der Waals surface area contributed by atoms with E-state index in [2.05, 4.69) is 10.6 Å². The van der Waals surface area contributed by atoms with Crippen molar-refractivity contribution >= 4 is 28.9 Å². The fraction of sp³-hybridized carbons (Fsp3) is 0.0667. The average molecular weight is 304 g/mol. The van der Waals surface area contributed by atoms with Gasteiger partial charge < -0.3 is 10.6 Å². The molecular weight excluding hydrogens is 293 g/mol. The van der Waals surface area contributed by atoms with Gasteiger partial charge in [-0.25, -0.2) is 4.39 Å². The molecule has 0 aromatic heterocycles. The van der Waals surface area contributed by atoms with E-state index in [1.807, 2.05) is 6.07 Å². The third-order valence-electron chi connectivity index (χ3n) is 2.65. The number of amides is 1. The number of anilines is 2. The van der Waals surface area contributed by atoms with Gasteiger partial charge in [-0.1, -0.05) is 17.7 Å². The van der Waals surface area contributed by atoms with Crippen molar-refractivity contribution in [2.75, 3.05) is 17.2 Å². The van der Waals surface area contributed by atoms with E-state index >= 15 is 0 Å². The molecule has 1 amide bonds. The van der Waals surface area contributed by atoms with Crippen LogP contribution >= 0.6 is 11.6 Å². The highest BCUT2D eigenvalue weighted by molar-refractivity contribution is 6.30. The molecule has 0 atom stereocenters. The summed E-state index contributed by atoms with van der Waals surface area (Å²) in [6, 6.07) is 12.4. The fourth-order valence-electron chi connectivity index (χ4n) is 1.71. The third kappa shape index (κ3) is 4.20. The van der Waals surface area contributed by atoms with Crippen molar-refractivity contribution in [2.45, 2.75) is 0 Å². The summed E-state index contributed by atoms with van der Waals surface area (Å²) in [5.41, 5.74) is 1.12. The summed E-state index contributed by atoms with van der Waals surface area (Å²) in [6.45, 7) is -0.0488. The van der Waals surface area contributed by atoms with E-state index < -0.39 is 5.82 Å². The smallest absolute Gasteiger partial charge is 0.243 e. The summed E-state index contributed by atoms with van der Waals surface area (Å²) < 4.78 is 13.0. The summed E-state index contributed by atoms with van der Waals surface area (Å²) in [4.78, 5) is 11.8. The van der Waals surface area contributed by atoms with Gasteiger partial charge in [0.2, 0.25) is 5.91 Å². The van der Waals surface area contributed by atoms with Gasteiger partial charge in [0, 0.05) is 10.7 Å². The molecule has 0 aliphatic carbocycles. The monoisotopic (exact) mass is 303 g/mol. The number of hydrogen-bond donors (Lipinski definition) is 2. The molecule has 21 heavy (non-hydrogen) atoms. The molecule has 0 fully saturated rings. The highest BCUT2D eigenvalue weighted by Crippen LogP contribution is 2.17. The first-order chi connectivity index (χ1) is 10.1. The average Bonchev–Trinajstić information content (AvgIpc) is 2.45. The van der Waals surface area contributed by atoms with Crippen molar-refractivity contribution in [2.24, 2.45) is 0 Å². The maximum Gasteiger partial charge on any atom is 0.243 e. The SMILES string of the molecule is N#Cc1cc(F)ccc1NCC(=O)Nc1cccc(Cl)c1. The van der Waals surface area contributed by atoms with Crippen molar-refractivity contribution < 1.29 is 9.18 Å². The number of nitrogens with zero attached hydrogens (tertiary/aromatic N) is 1. The lowest BCUT2D eigenvalue weighted by atomic mass is 10.2. The number of rotatable bonds is 4. The highest BCUT2D eigenvalue weighted by atomic mass is 35.5. The molecule has 0 radical (unpaired) electrons. The molecule has 0 unspecified atom stereocenters. The second-order valence-corrected chi connectivity index (χ2v) is 4.65. The molecule has 0 aliphatic rings. The topological polar surface area (TPSA) is 64.9 Å². The van der Waals surface area contributed by atoms with Crippen molar-refractivity contribution in [3.05, 3.63) is 58.9 Å². The van der Waals surface area contributed by atoms with E-state index in [0.29, 0.717) is 16.4 Å². The van der Waals surface area contributed by atoms with Crippen LogP contribution in [-0.2, 0) is 4.79 Å². The van der Waals surface area contributed by atoms with Crippen molar-refractivity contribution in [3.63, 3.8) is 0 Å². The molecular formula is C15H11ClFN3O. The van der Waals surface area contributed by atoms with E-state index in [-0.39, 0.29) is 18.0 Å². The van der Waals surface area contributed by atoms with Gasteiger partial charge in [0.15, 0.2) is 0 Å². The van der Waals surface area contributed by atoms with Gasteiger partial charge in [0.25, 0.3) is 0 Å². The quantitative estimate of drug-likeness (QED) is 0.910. The van der Waals surface area contributed by atoms with Crippen LogP contribution in [0, 0.1) is 17.1 Å². The molecule has 2 aromatic rings. The summed E-state index contributed by atoms with van der Waals surface area (Å²) in [7, 11) is 0. The first-order valence-electron chi connectivity index (χ1n) is 6.07. The maximum atomic E-state index is 13.0. The Morgan fingerprint density at radius 3 is 2.81 bits per heavy atom. The predicted molar refractivity (Wildman–Crippen MR) is 79.7 cm³/mol. The molecule has 0 saturated carbocycles. The van der Waals surface area contributed by atoms with Crippen molar-refractivity contribution in [1.82, 2.24) is 0 Å². The number of hydrogen-bond acceptors (Lipinski definition) is 3. The molecule has 2 rings (SSSR count). The molecule has 2 aromatic carbocycles. The zero-order chi connectivity index (χ0) is 15.2. The van der Waals surface area contributed by atoms with Crippen LogP contribution in [0.3, 0.4) is 0 Å². The van der Waals surface area contributed by atoms with Gasteiger partial charge in [-0.2, -0.15) is 5.26 Å². The van der Waals surface area contributed by atoms with Gasteiger partial charge in [-0.3, -0.25) is 4.79 Å². The number of carbonyl (C=O) groups excluding carboxylic acids is 1. The standard InChI is InChI=1S/C15H11ClFN3O/c16-11-2-1-3-13(7-11)20-15(21)9-19-14-5-4-12(17)6-10(14)8-18/h1-7,19H,9H2,(H,20,21). The van der Waals surface area contributed by atoms with E-state index in [9.17, 15) is 9.18 Å². The lowest BCUT2D eigenvalue weighted by molar-refractivity contribution is -0.114. The van der Waals surface area contributed by atoms with Gasteiger partial charge in [-0.15, -0.1) is 0 Å². The number of carbonyl (C=O) groups is 1. The van der Waals surface area contributed by atoms with Gasteiger partial charge >= 0.3 is 0 Å². The lowest BCUT2D eigenvalue weighted by Gasteiger charge is -2.09. The Balaban J connectivity index is 1.97. The summed E-state index contributed by atoms with van der Waals surface area (Å²) in [5.74, 6) is -0.800. The Morgan fingerprint density at radius 1 is 1.29 bits per heavy atom. The first kappa shape index (κ1) is 14.8. The van der Waals surface area contributed by atoms with Crippen LogP contribution in [0.2, 0.25) is 5.02 Å². The minimum atomic E-state index is -0.500. The third-order valence-corrected chi connectivity index (χ3v) is 2.88. The first-order valence-corrected chi connectivity index (χ1v) is 6.45. The van der Waals surface area contributed by atoms with Gasteiger partial charge in [0.05, 0.1) is 17.8 Å². The Bertz CT molecular complexity index is 712. The van der Waals surface area contributed by atoms with E-state index in [0.717, 1.165) is 6.07 Å². The van der Waals surface area contributed by atoms with E-state index in [4.69, 9.17) is 16.9 Å². The molecule has 2 N–H and O–H groups in total. The number of nitriles is 1. The molecule has 0 bridgehead atoms. The predicted octanol–water partition coefficient (Wildman–Crippen LogP) is 3.40. The van der Waals surface area contributed by atoms with Crippen LogP contribution in [0.4, 0.5) is 15.8 Å². The fourth-order valence-corrected chi connectivity index (χ4v) is 1.90. The molecule has 6 heteroatoms. The van der Waals surface area contributed by atoms with Crippen LogP contribution in [0.15, 0.2) is 42.5 Å². The van der Waals surface area contributed by atoms with E-state index in [1.54, 1.807) is 24.3 Å². The van der Waals surface area contributed by atoms with Gasteiger partial charge in [0.1, 0.15) is 11.9 Å². The second kappa shape index (κ2) is 6.73. The number of benzene rings is 2. The molecule has 4 nitrogen and oxygen atoms in total. The molecule has 106 valence electrons. The van der Waals surface area contributed by atoms with E-state index in [1.165, 1.54) is 12.1 Å². The Labute approximate surface area is 126 Å². The minimum Gasteiger partial charge on any atom is -0.375 e. The number of halogens is 2. The molecule has 0 saturated heterocycles. The molecule has 0 aliphatic heterocycles. The van der Waals surface area contributed by atoms with Crippen LogP contribution < -0.4 is 10.6 Å². The van der Waals surface area contributed by atoms with Crippen molar-refractivity contribution in [1.29, 1.82) is 5.26 Å². The van der Waals surface area contributed by atoms with Crippen LogP contribution in [0.5, 0.6) is 0 Å². The van der Waals surface area contributed by atoms with Gasteiger partial charge in [-0.05, 0) is 36.4 Å². The summed E-state index contributed by atoms with van der Waals surface area (Å²) >= 11 is 5.82. The highest BCUT2D eigenvalue weighted by Gasteiger charge is 2.06. The summed E-state index contributed by atoms with van der Waals surface area (Å²) in [6.07, 6.45) is 0. The second-order valence-electron chi connectivity index (χ2n) is 4.21. The van der Waals surface area contributed by atoms with Crippen molar-refractivity contribution in [3.8, 4) is 6.07 Å². The minimum absolute atomic E-state index is 0.0488. The Hall–Kier alpha value is -2.58. The zero-order valence-corrected chi connectivity index (χ0v) is 11.6. The van der Waals surface area contributed by atoms with Crippen LogP contribution in [-0.4, -0.2) is 12.5 Å². The maximum absolute atomic E-state index is 13.0. The normalized spacial score (nSPS) is 9.76. The summed E-state index contributed by atoms with van der Waals surface area (Å²) in [5, 5.41) is 14.9.